The second-order valence-corrected chi connectivity index (χ2v) is 7.32. The number of ether oxygens (including phenoxy) is 2. The van der Waals surface area contributed by atoms with Gasteiger partial charge in [0.25, 0.3) is 4.21 Å². The molecule has 1 atom stereocenters. The van der Waals surface area contributed by atoms with Crippen molar-refractivity contribution >= 4 is 75.6 Å². The zero-order chi connectivity index (χ0) is 17.8. The van der Waals surface area contributed by atoms with E-state index in [0.717, 1.165) is 30.2 Å². The highest BCUT2D eigenvalue weighted by Crippen LogP contribution is 2.43. The number of rotatable bonds is 2. The molecular formula is C12H9Cl3O6S2. The number of aromatic hydroxyl groups is 1. The van der Waals surface area contributed by atoms with Crippen LogP contribution in [-0.4, -0.2) is 41.3 Å². The van der Waals surface area contributed by atoms with Crippen molar-refractivity contribution in [1.82, 2.24) is 0 Å². The van der Waals surface area contributed by atoms with Crippen molar-refractivity contribution < 1.29 is 29.0 Å². The van der Waals surface area contributed by atoms with E-state index in [1.54, 1.807) is 0 Å². The van der Waals surface area contributed by atoms with Gasteiger partial charge in [-0.3, -0.25) is 4.79 Å². The number of Topliss-reactive ketones (excluding diaryl/α,β-unsaturated/α-hetero) is 1. The molecule has 1 aliphatic heterocycles. The lowest BCUT2D eigenvalue weighted by molar-refractivity contribution is -0.143. The monoisotopic (exact) mass is 418 g/mol. The Morgan fingerprint density at radius 1 is 1.26 bits per heavy atom. The number of hydrogen-bond donors (Lipinski definition) is 1. The summed E-state index contributed by atoms with van der Waals surface area (Å²) in [6.45, 7) is 0. The fourth-order valence-corrected chi connectivity index (χ4v) is 3.71. The minimum absolute atomic E-state index is 0.0413. The van der Waals surface area contributed by atoms with E-state index in [9.17, 15) is 14.4 Å². The molecule has 6 nitrogen and oxygen atoms in total. The molecule has 0 bridgehead atoms. The summed E-state index contributed by atoms with van der Waals surface area (Å²) in [5.74, 6) is -2.20. The van der Waals surface area contributed by atoms with E-state index in [2.05, 4.69) is 9.47 Å². The maximum Gasteiger partial charge on any atom is 0.351 e. The van der Waals surface area contributed by atoms with Crippen LogP contribution in [0.1, 0.15) is 9.67 Å². The van der Waals surface area contributed by atoms with Gasteiger partial charge in [-0.25, -0.2) is 9.59 Å². The first-order valence-electron chi connectivity index (χ1n) is 5.58. The third kappa shape index (κ3) is 4.33. The smallest absolute Gasteiger partial charge is 0.351 e. The molecule has 0 aliphatic carbocycles. The Balaban J connectivity index is 0.000000231. The van der Waals surface area contributed by atoms with Gasteiger partial charge in [0.15, 0.2) is 10.6 Å². The van der Waals surface area contributed by atoms with E-state index in [0.29, 0.717) is 0 Å². The summed E-state index contributed by atoms with van der Waals surface area (Å²) < 4.78 is 7.03. The minimum atomic E-state index is -1.70. The van der Waals surface area contributed by atoms with E-state index < -0.39 is 21.9 Å². The third-order valence-electron chi connectivity index (χ3n) is 2.37. The van der Waals surface area contributed by atoms with Crippen LogP contribution in [-0.2, 0) is 19.1 Å². The molecule has 1 N–H and O–H groups in total. The Labute approximate surface area is 154 Å². The van der Waals surface area contributed by atoms with Crippen molar-refractivity contribution in [1.29, 1.82) is 0 Å². The fourth-order valence-electron chi connectivity index (χ4n) is 1.23. The van der Waals surface area contributed by atoms with Crippen LogP contribution >= 0.6 is 57.9 Å². The molecule has 126 valence electrons. The van der Waals surface area contributed by atoms with Crippen LogP contribution in [0.15, 0.2) is 15.8 Å². The van der Waals surface area contributed by atoms with Gasteiger partial charge in [-0.05, 0) is 5.41 Å². The van der Waals surface area contributed by atoms with Gasteiger partial charge in [0.1, 0.15) is 0 Å². The van der Waals surface area contributed by atoms with Crippen molar-refractivity contribution in [2.75, 3.05) is 14.2 Å². The second-order valence-electron chi connectivity index (χ2n) is 3.75. The maximum atomic E-state index is 11.2. The SMILES string of the molecule is COC(=O)C1(Cl)SC=C(Cl)C1=O.COC(=O)c1scc(Cl)c1O. The number of carbonyl (C=O) groups is 3. The predicted molar refractivity (Wildman–Crippen MR) is 89.5 cm³/mol. The molecule has 11 heteroatoms. The van der Waals surface area contributed by atoms with Gasteiger partial charge in [0.2, 0.25) is 5.78 Å². The van der Waals surface area contributed by atoms with Crippen molar-refractivity contribution in [3.8, 4) is 5.75 Å². The number of halogens is 3. The maximum absolute atomic E-state index is 11.2. The van der Waals surface area contributed by atoms with E-state index >= 15 is 0 Å². The molecule has 1 aliphatic rings. The number of thiophene rings is 1. The number of thioether (sulfide) groups is 1. The van der Waals surface area contributed by atoms with E-state index in [4.69, 9.17) is 39.9 Å². The van der Waals surface area contributed by atoms with Crippen molar-refractivity contribution in [3.05, 3.63) is 25.7 Å². The van der Waals surface area contributed by atoms with Crippen LogP contribution in [0.3, 0.4) is 0 Å². The first-order chi connectivity index (χ1) is 10.7. The molecule has 1 unspecified atom stereocenters. The fraction of sp³-hybridized carbons (Fsp3) is 0.250. The third-order valence-corrected chi connectivity index (χ3v) is 5.77. The zero-order valence-electron chi connectivity index (χ0n) is 11.6. The van der Waals surface area contributed by atoms with Gasteiger partial charge in [0, 0.05) is 5.38 Å². The normalized spacial score (nSPS) is 19.5. The van der Waals surface area contributed by atoms with Gasteiger partial charge in [0.05, 0.1) is 24.3 Å². The summed E-state index contributed by atoms with van der Waals surface area (Å²) in [4.78, 5) is 33.1. The Hall–Kier alpha value is -0.930. The summed E-state index contributed by atoms with van der Waals surface area (Å²) in [5.41, 5.74) is 0. The standard InChI is InChI=1S/C6H4Cl2O3S.C6H5ClO3S/c1-11-5(10)6(8)4(9)3(7)2-12-6;1-10-6(9)5-4(8)3(7)2-11-5/h2H,1H3;2,8H,1H3. The Morgan fingerprint density at radius 2 is 1.87 bits per heavy atom. The van der Waals surface area contributed by atoms with Gasteiger partial charge in [-0.2, -0.15) is 0 Å². The van der Waals surface area contributed by atoms with Gasteiger partial charge in [-0.1, -0.05) is 46.6 Å². The molecule has 0 fully saturated rings. The van der Waals surface area contributed by atoms with Crippen molar-refractivity contribution in [2.45, 2.75) is 4.21 Å². The van der Waals surface area contributed by atoms with Crippen LogP contribution in [0.5, 0.6) is 5.75 Å². The van der Waals surface area contributed by atoms with E-state index in [-0.39, 0.29) is 20.7 Å². The van der Waals surface area contributed by atoms with Crippen LogP contribution < -0.4 is 0 Å². The molecule has 2 heterocycles. The Morgan fingerprint density at radius 3 is 2.22 bits per heavy atom. The summed E-state index contributed by atoms with van der Waals surface area (Å²) in [6.07, 6.45) is 0. The number of carbonyl (C=O) groups excluding carboxylic acids is 3. The summed E-state index contributed by atoms with van der Waals surface area (Å²) in [5, 5.41) is 12.1. The highest BCUT2D eigenvalue weighted by molar-refractivity contribution is 8.07. The summed E-state index contributed by atoms with van der Waals surface area (Å²) in [7, 11) is 2.40. The van der Waals surface area contributed by atoms with Crippen LogP contribution in [0.2, 0.25) is 5.02 Å². The first kappa shape index (κ1) is 20.1. The highest BCUT2D eigenvalue weighted by Gasteiger charge is 2.50. The van der Waals surface area contributed by atoms with Crippen LogP contribution in [0, 0.1) is 0 Å². The Kier molecular flexibility index (Phi) is 7.22. The minimum Gasteiger partial charge on any atom is -0.505 e. The largest absolute Gasteiger partial charge is 0.505 e. The number of esters is 2. The number of methoxy groups -OCH3 is 2. The Bertz CT molecular complexity index is 672. The average Bonchev–Trinajstić information content (AvgIpc) is 3.02. The number of alkyl halides is 1. The first-order valence-corrected chi connectivity index (χ1v) is 8.48. The number of hydrogen-bond acceptors (Lipinski definition) is 8. The average molecular weight is 420 g/mol. The quantitative estimate of drug-likeness (QED) is 0.446. The predicted octanol–water partition coefficient (Wildman–Crippen LogP) is 3.38. The lowest BCUT2D eigenvalue weighted by atomic mass is 10.3. The topological polar surface area (TPSA) is 89.9 Å². The molecular weight excluding hydrogens is 411 g/mol. The number of allylic oxidation sites excluding steroid dienone is 1. The highest BCUT2D eigenvalue weighted by atomic mass is 35.5. The molecule has 1 aromatic rings. The summed E-state index contributed by atoms with van der Waals surface area (Å²) >= 11 is 18.5. The van der Waals surface area contributed by atoms with Crippen molar-refractivity contribution in [2.24, 2.45) is 0 Å². The van der Waals surface area contributed by atoms with Gasteiger partial charge in [-0.15, -0.1) is 11.3 Å². The lowest BCUT2D eigenvalue weighted by Crippen LogP contribution is -2.36. The van der Waals surface area contributed by atoms with Gasteiger partial charge >= 0.3 is 11.9 Å². The molecule has 23 heavy (non-hydrogen) atoms. The molecule has 0 amide bonds. The zero-order valence-corrected chi connectivity index (χ0v) is 15.5. The van der Waals surface area contributed by atoms with E-state index in [1.165, 1.54) is 17.9 Å². The lowest BCUT2D eigenvalue weighted by Gasteiger charge is -2.14. The van der Waals surface area contributed by atoms with E-state index in [1.807, 2.05) is 0 Å². The second kappa shape index (κ2) is 8.25. The van der Waals surface area contributed by atoms with Crippen LogP contribution in [0.4, 0.5) is 0 Å². The molecule has 0 saturated heterocycles. The molecule has 1 aromatic heterocycles. The van der Waals surface area contributed by atoms with Gasteiger partial charge < -0.3 is 14.6 Å². The molecule has 0 radical (unpaired) electrons. The van der Waals surface area contributed by atoms with Crippen LogP contribution in [0.25, 0.3) is 0 Å². The summed E-state index contributed by atoms with van der Waals surface area (Å²) in [6, 6.07) is 0. The number of ketones is 1. The molecule has 0 spiro atoms. The molecule has 2 rings (SSSR count). The van der Waals surface area contributed by atoms with Crippen molar-refractivity contribution in [3.63, 3.8) is 0 Å². The molecule has 0 saturated carbocycles. The molecule has 0 aromatic carbocycles.